The second-order valence-corrected chi connectivity index (χ2v) is 6.99. The Bertz CT molecular complexity index is 1010. The molecule has 28 heavy (non-hydrogen) atoms. The average molecular weight is 393 g/mol. The molecule has 0 atom stereocenters. The van der Waals surface area contributed by atoms with Gasteiger partial charge in [-0.05, 0) is 36.4 Å². The molecule has 0 bridgehead atoms. The number of benzene rings is 2. The van der Waals surface area contributed by atoms with Crippen LogP contribution in [-0.4, -0.2) is 25.1 Å². The van der Waals surface area contributed by atoms with Gasteiger partial charge in [-0.1, -0.05) is 23.4 Å². The Morgan fingerprint density at radius 2 is 1.86 bits per heavy atom. The number of nitrogens with zero attached hydrogens (tertiary/aromatic N) is 4. The molecule has 0 spiro atoms. The van der Waals surface area contributed by atoms with Gasteiger partial charge in [0.2, 0.25) is 0 Å². The zero-order valence-corrected chi connectivity index (χ0v) is 15.8. The molecule has 0 aliphatic carbocycles. The summed E-state index contributed by atoms with van der Waals surface area (Å²) in [5.41, 5.74) is 3.38. The Balaban J connectivity index is 1.30. The first kappa shape index (κ1) is 18.1. The molecule has 4 aromatic rings. The fourth-order valence-corrected chi connectivity index (χ4v) is 3.28. The number of hydrogen-bond acceptors (Lipinski definition) is 7. The number of ether oxygens (including phenoxy) is 1. The summed E-state index contributed by atoms with van der Waals surface area (Å²) in [4.78, 5) is 4.60. The van der Waals surface area contributed by atoms with Crippen molar-refractivity contribution in [1.29, 1.82) is 0 Å². The predicted molar refractivity (Wildman–Crippen MR) is 107 cm³/mol. The van der Waals surface area contributed by atoms with Gasteiger partial charge in [-0.25, -0.2) is 9.67 Å². The van der Waals surface area contributed by atoms with Gasteiger partial charge in [0.1, 0.15) is 23.1 Å². The second kappa shape index (κ2) is 8.64. The predicted octanol–water partition coefficient (Wildman–Crippen LogP) is 3.41. The van der Waals surface area contributed by atoms with Crippen LogP contribution in [0.3, 0.4) is 0 Å². The minimum absolute atomic E-state index is 0.119. The van der Waals surface area contributed by atoms with Crippen LogP contribution in [0.5, 0.6) is 5.75 Å². The summed E-state index contributed by atoms with van der Waals surface area (Å²) < 4.78 is 7.37. The molecular weight excluding hydrogens is 374 g/mol. The third-order valence-corrected chi connectivity index (χ3v) is 4.88. The van der Waals surface area contributed by atoms with Crippen molar-refractivity contribution < 1.29 is 9.84 Å². The number of aliphatic hydroxyl groups is 1. The van der Waals surface area contributed by atoms with Crippen LogP contribution < -0.4 is 10.1 Å². The van der Waals surface area contributed by atoms with Gasteiger partial charge in [-0.3, -0.25) is 0 Å². The Labute approximate surface area is 166 Å². The first-order chi connectivity index (χ1) is 13.8. The highest BCUT2D eigenvalue weighted by Crippen LogP contribution is 2.17. The van der Waals surface area contributed by atoms with Crippen molar-refractivity contribution in [2.24, 2.45) is 0 Å². The first-order valence-electron chi connectivity index (χ1n) is 8.78. The van der Waals surface area contributed by atoms with E-state index in [1.165, 1.54) is 0 Å². The highest BCUT2D eigenvalue weighted by Gasteiger charge is 2.05. The van der Waals surface area contributed by atoms with Crippen molar-refractivity contribution in [3.05, 3.63) is 82.6 Å². The molecule has 0 saturated carbocycles. The number of thiazole rings is 1. The fourth-order valence-electron chi connectivity index (χ4n) is 2.58. The molecule has 0 fully saturated rings. The molecule has 0 aliphatic rings. The maximum atomic E-state index is 9.07. The lowest BCUT2D eigenvalue weighted by Crippen LogP contribution is -2.01. The monoisotopic (exact) mass is 393 g/mol. The molecule has 2 heterocycles. The topological polar surface area (TPSA) is 85.1 Å². The van der Waals surface area contributed by atoms with E-state index < -0.39 is 0 Å². The Morgan fingerprint density at radius 3 is 2.61 bits per heavy atom. The lowest BCUT2D eigenvalue weighted by atomic mass is 10.2. The van der Waals surface area contributed by atoms with Gasteiger partial charge in [0.15, 0.2) is 0 Å². The van der Waals surface area contributed by atoms with Crippen LogP contribution >= 0.6 is 11.3 Å². The van der Waals surface area contributed by atoms with E-state index >= 15 is 0 Å². The number of anilines is 1. The largest absolute Gasteiger partial charge is 0.486 e. The second-order valence-electron chi connectivity index (χ2n) is 6.05. The van der Waals surface area contributed by atoms with E-state index in [-0.39, 0.29) is 6.61 Å². The number of para-hydroxylation sites is 1. The van der Waals surface area contributed by atoms with E-state index in [1.807, 2.05) is 60.0 Å². The van der Waals surface area contributed by atoms with Crippen LogP contribution in [0, 0.1) is 0 Å². The lowest BCUT2D eigenvalue weighted by molar-refractivity contribution is 0.276. The summed E-state index contributed by atoms with van der Waals surface area (Å²) in [6.45, 7) is 0.988. The van der Waals surface area contributed by atoms with Gasteiger partial charge in [0.25, 0.3) is 0 Å². The van der Waals surface area contributed by atoms with Gasteiger partial charge in [-0.15, -0.1) is 16.4 Å². The first-order valence-corrected chi connectivity index (χ1v) is 9.65. The van der Waals surface area contributed by atoms with E-state index in [9.17, 15) is 0 Å². The fraction of sp³-hybridized carbons (Fsp3) is 0.150. The van der Waals surface area contributed by atoms with Gasteiger partial charge in [-0.2, -0.15) is 0 Å². The van der Waals surface area contributed by atoms with Gasteiger partial charge in [0, 0.05) is 11.1 Å². The zero-order chi connectivity index (χ0) is 19.2. The maximum Gasteiger partial charge on any atom is 0.140 e. The van der Waals surface area contributed by atoms with Crippen LogP contribution in [-0.2, 0) is 19.8 Å². The summed E-state index contributed by atoms with van der Waals surface area (Å²) in [6, 6.07) is 17.6. The molecule has 0 aliphatic heterocycles. The molecule has 2 N–H and O–H groups in total. The highest BCUT2D eigenvalue weighted by atomic mass is 32.1. The quantitative estimate of drug-likeness (QED) is 0.477. The number of nitrogens with one attached hydrogen (secondary N) is 1. The van der Waals surface area contributed by atoms with E-state index in [0.29, 0.717) is 18.8 Å². The standard InChI is InChI=1S/C20H19N5O2S/c26-12-17-11-25(24-23-17)18-8-6-15(7-9-18)21-10-16-14-28-20(22-16)13-27-19-4-2-1-3-5-19/h1-9,11,14,21,26H,10,12-13H2. The minimum atomic E-state index is -0.119. The molecule has 0 unspecified atom stereocenters. The number of rotatable bonds is 8. The van der Waals surface area contributed by atoms with Crippen LogP contribution in [0.2, 0.25) is 0 Å². The van der Waals surface area contributed by atoms with Crippen LogP contribution in [0.4, 0.5) is 5.69 Å². The van der Waals surface area contributed by atoms with Gasteiger partial charge >= 0.3 is 0 Å². The highest BCUT2D eigenvalue weighted by molar-refractivity contribution is 7.09. The molecule has 0 amide bonds. The summed E-state index contributed by atoms with van der Waals surface area (Å²) in [5, 5.41) is 23.3. The Kier molecular flexibility index (Phi) is 5.60. The van der Waals surface area contributed by atoms with E-state index in [2.05, 4.69) is 20.6 Å². The summed E-state index contributed by atoms with van der Waals surface area (Å²) >= 11 is 1.59. The van der Waals surface area contributed by atoms with E-state index in [4.69, 9.17) is 9.84 Å². The minimum Gasteiger partial charge on any atom is -0.486 e. The average Bonchev–Trinajstić information content (AvgIpc) is 3.41. The molecule has 2 aromatic heterocycles. The Morgan fingerprint density at radius 1 is 1.04 bits per heavy atom. The molecule has 8 heteroatoms. The summed E-state index contributed by atoms with van der Waals surface area (Å²) in [6.07, 6.45) is 1.71. The van der Waals surface area contributed by atoms with Crippen LogP contribution in [0.1, 0.15) is 16.4 Å². The third kappa shape index (κ3) is 4.54. The van der Waals surface area contributed by atoms with Crippen molar-refractivity contribution >= 4 is 17.0 Å². The molecule has 7 nitrogen and oxygen atoms in total. The molecule has 142 valence electrons. The lowest BCUT2D eigenvalue weighted by Gasteiger charge is -2.06. The zero-order valence-electron chi connectivity index (χ0n) is 15.0. The molecule has 4 rings (SSSR count). The Hall–Kier alpha value is -3.23. The number of hydrogen-bond donors (Lipinski definition) is 2. The van der Waals surface area contributed by atoms with Gasteiger partial charge in [0.05, 0.1) is 30.7 Å². The molecule has 0 saturated heterocycles. The molecule has 2 aromatic carbocycles. The third-order valence-electron chi connectivity index (χ3n) is 4.01. The maximum absolute atomic E-state index is 9.07. The van der Waals surface area contributed by atoms with Crippen LogP contribution in [0.15, 0.2) is 66.2 Å². The number of aromatic nitrogens is 4. The smallest absolute Gasteiger partial charge is 0.140 e. The van der Waals surface area contributed by atoms with E-state index in [1.54, 1.807) is 22.2 Å². The SMILES string of the molecule is OCc1cn(-c2ccc(NCc3csc(COc4ccccc4)n3)cc2)nn1. The normalized spacial score (nSPS) is 10.8. The van der Waals surface area contributed by atoms with E-state index in [0.717, 1.165) is 27.8 Å². The van der Waals surface area contributed by atoms with Crippen LogP contribution in [0.25, 0.3) is 5.69 Å². The summed E-state index contributed by atoms with van der Waals surface area (Å²) in [7, 11) is 0. The van der Waals surface area contributed by atoms with Crippen molar-refractivity contribution in [2.75, 3.05) is 5.32 Å². The summed E-state index contributed by atoms with van der Waals surface area (Å²) in [5.74, 6) is 0.843. The van der Waals surface area contributed by atoms with Crippen molar-refractivity contribution in [3.8, 4) is 11.4 Å². The van der Waals surface area contributed by atoms with Crippen molar-refractivity contribution in [2.45, 2.75) is 19.8 Å². The molecular formula is C20H19N5O2S. The van der Waals surface area contributed by atoms with Gasteiger partial charge < -0.3 is 15.2 Å². The van der Waals surface area contributed by atoms with Crippen molar-refractivity contribution in [3.63, 3.8) is 0 Å². The van der Waals surface area contributed by atoms with Crippen molar-refractivity contribution in [1.82, 2.24) is 20.0 Å². The molecule has 0 radical (unpaired) electrons. The number of aliphatic hydroxyl groups excluding tert-OH is 1.